The summed E-state index contributed by atoms with van der Waals surface area (Å²) >= 11 is 5.85. The van der Waals surface area contributed by atoms with Gasteiger partial charge in [0.05, 0.1) is 28.2 Å². The standard InChI is InChI=1S/C16H12ClNO6/c1-23-15-5-3-2-4-11(15)14(19)9-24-16(20)12-8-10(18(21)22)6-7-13(12)17/h2-8H,9H2,1H3. The van der Waals surface area contributed by atoms with Crippen molar-refractivity contribution in [3.05, 3.63) is 68.7 Å². The lowest BCUT2D eigenvalue weighted by atomic mass is 10.1. The van der Waals surface area contributed by atoms with Gasteiger partial charge >= 0.3 is 5.97 Å². The number of carbonyl (C=O) groups is 2. The number of nitro groups is 1. The van der Waals surface area contributed by atoms with Crippen LogP contribution in [0.15, 0.2) is 42.5 Å². The lowest BCUT2D eigenvalue weighted by molar-refractivity contribution is -0.384. The van der Waals surface area contributed by atoms with Gasteiger partial charge in [0.1, 0.15) is 5.75 Å². The van der Waals surface area contributed by atoms with E-state index in [1.807, 2.05) is 0 Å². The van der Waals surface area contributed by atoms with Gasteiger partial charge in [-0.3, -0.25) is 14.9 Å². The average Bonchev–Trinajstić information content (AvgIpc) is 2.59. The molecular weight excluding hydrogens is 338 g/mol. The molecule has 2 aromatic carbocycles. The van der Waals surface area contributed by atoms with Crippen molar-refractivity contribution in [3.63, 3.8) is 0 Å². The minimum absolute atomic E-state index is 0.00431. The number of rotatable bonds is 6. The lowest BCUT2D eigenvalue weighted by Gasteiger charge is -2.08. The Morgan fingerprint density at radius 2 is 1.88 bits per heavy atom. The predicted octanol–water partition coefficient (Wildman–Crippen LogP) is 3.30. The zero-order chi connectivity index (χ0) is 17.7. The van der Waals surface area contributed by atoms with Crippen molar-refractivity contribution in [2.45, 2.75) is 0 Å². The van der Waals surface area contributed by atoms with E-state index < -0.39 is 23.3 Å². The number of benzene rings is 2. The molecule has 2 rings (SSSR count). The van der Waals surface area contributed by atoms with Gasteiger partial charge in [-0.15, -0.1) is 0 Å². The zero-order valence-electron chi connectivity index (χ0n) is 12.5. The molecule has 2 aromatic rings. The Balaban J connectivity index is 2.12. The van der Waals surface area contributed by atoms with Gasteiger partial charge < -0.3 is 9.47 Å². The summed E-state index contributed by atoms with van der Waals surface area (Å²) in [6, 6.07) is 9.87. The average molecular weight is 350 g/mol. The summed E-state index contributed by atoms with van der Waals surface area (Å²) in [5.41, 5.74) is -0.223. The normalized spacial score (nSPS) is 10.1. The van der Waals surface area contributed by atoms with Crippen molar-refractivity contribution in [2.24, 2.45) is 0 Å². The molecule has 0 saturated heterocycles. The fourth-order valence-corrected chi connectivity index (χ4v) is 2.14. The number of hydrogen-bond donors (Lipinski definition) is 0. The summed E-state index contributed by atoms with van der Waals surface area (Å²) in [6.45, 7) is -0.543. The third-order valence-corrected chi connectivity index (χ3v) is 3.45. The van der Waals surface area contributed by atoms with Crippen LogP contribution in [0.25, 0.3) is 0 Å². The molecule has 0 fully saturated rings. The van der Waals surface area contributed by atoms with Crippen LogP contribution in [0, 0.1) is 10.1 Å². The summed E-state index contributed by atoms with van der Waals surface area (Å²) in [6.07, 6.45) is 0. The van der Waals surface area contributed by atoms with E-state index in [0.29, 0.717) is 5.75 Å². The molecule has 0 aliphatic rings. The Kier molecular flexibility index (Phi) is 5.49. The summed E-state index contributed by atoms with van der Waals surface area (Å²) in [7, 11) is 1.42. The molecule has 0 saturated carbocycles. The van der Waals surface area contributed by atoms with E-state index in [4.69, 9.17) is 21.1 Å². The second-order valence-electron chi connectivity index (χ2n) is 4.62. The highest BCUT2D eigenvalue weighted by molar-refractivity contribution is 6.33. The highest BCUT2D eigenvalue weighted by atomic mass is 35.5. The first-order chi connectivity index (χ1) is 11.4. The van der Waals surface area contributed by atoms with E-state index in [1.54, 1.807) is 18.2 Å². The summed E-state index contributed by atoms with van der Waals surface area (Å²) in [5.74, 6) is -1.04. The van der Waals surface area contributed by atoms with Crippen LogP contribution in [0.3, 0.4) is 0 Å². The van der Waals surface area contributed by atoms with E-state index in [2.05, 4.69) is 0 Å². The highest BCUT2D eigenvalue weighted by Crippen LogP contribution is 2.23. The number of ether oxygens (including phenoxy) is 2. The quantitative estimate of drug-likeness (QED) is 0.343. The van der Waals surface area contributed by atoms with Crippen LogP contribution in [0.1, 0.15) is 20.7 Å². The van der Waals surface area contributed by atoms with Gasteiger partial charge in [0.15, 0.2) is 6.61 Å². The molecule has 0 aliphatic heterocycles. The van der Waals surface area contributed by atoms with Crippen LogP contribution in [0.2, 0.25) is 5.02 Å². The molecule has 0 atom stereocenters. The number of hydrogen-bond acceptors (Lipinski definition) is 6. The summed E-state index contributed by atoms with van der Waals surface area (Å²) in [5, 5.41) is 10.7. The first kappa shape index (κ1) is 17.4. The molecule has 124 valence electrons. The molecule has 0 aliphatic carbocycles. The van der Waals surface area contributed by atoms with Gasteiger partial charge in [-0.2, -0.15) is 0 Å². The Hall–Kier alpha value is -2.93. The van der Waals surface area contributed by atoms with Crippen molar-refractivity contribution in [2.75, 3.05) is 13.7 Å². The van der Waals surface area contributed by atoms with Crippen LogP contribution in [0.4, 0.5) is 5.69 Å². The molecule has 0 N–H and O–H groups in total. The van der Waals surface area contributed by atoms with Crippen LogP contribution < -0.4 is 4.74 Å². The smallest absolute Gasteiger partial charge is 0.340 e. The van der Waals surface area contributed by atoms with Gasteiger partial charge in [-0.1, -0.05) is 23.7 Å². The van der Waals surface area contributed by atoms with Gasteiger partial charge in [0, 0.05) is 12.1 Å². The Morgan fingerprint density at radius 1 is 1.17 bits per heavy atom. The summed E-state index contributed by atoms with van der Waals surface area (Å²) in [4.78, 5) is 34.2. The number of nitrogens with zero attached hydrogens (tertiary/aromatic N) is 1. The largest absolute Gasteiger partial charge is 0.496 e. The summed E-state index contributed by atoms with van der Waals surface area (Å²) < 4.78 is 9.97. The minimum atomic E-state index is -0.924. The van der Waals surface area contributed by atoms with E-state index in [-0.39, 0.29) is 21.8 Å². The molecule has 24 heavy (non-hydrogen) atoms. The van der Waals surface area contributed by atoms with Crippen LogP contribution in [-0.4, -0.2) is 30.4 Å². The monoisotopic (exact) mass is 349 g/mol. The number of para-hydroxylation sites is 1. The maximum absolute atomic E-state index is 12.1. The van der Waals surface area contributed by atoms with Gasteiger partial charge in [-0.05, 0) is 18.2 Å². The van der Waals surface area contributed by atoms with Gasteiger partial charge in [0.25, 0.3) is 5.69 Å². The lowest BCUT2D eigenvalue weighted by Crippen LogP contribution is -2.15. The van der Waals surface area contributed by atoms with Crippen LogP contribution in [-0.2, 0) is 4.74 Å². The van der Waals surface area contributed by atoms with E-state index in [9.17, 15) is 19.7 Å². The molecule has 0 aromatic heterocycles. The van der Waals surface area contributed by atoms with Crippen molar-refractivity contribution < 1.29 is 24.0 Å². The number of methoxy groups -OCH3 is 1. The number of nitro benzene ring substituents is 1. The number of ketones is 1. The first-order valence-corrected chi connectivity index (χ1v) is 7.09. The highest BCUT2D eigenvalue weighted by Gasteiger charge is 2.19. The Morgan fingerprint density at radius 3 is 2.54 bits per heavy atom. The third-order valence-electron chi connectivity index (χ3n) is 3.12. The Bertz CT molecular complexity index is 805. The van der Waals surface area contributed by atoms with E-state index in [1.165, 1.54) is 25.3 Å². The molecular formula is C16H12ClNO6. The van der Waals surface area contributed by atoms with Crippen LogP contribution in [0.5, 0.6) is 5.75 Å². The van der Waals surface area contributed by atoms with Gasteiger partial charge in [-0.25, -0.2) is 4.79 Å². The minimum Gasteiger partial charge on any atom is -0.496 e. The Labute approximate surface area is 141 Å². The maximum atomic E-state index is 12.1. The molecule has 0 radical (unpaired) electrons. The molecule has 7 nitrogen and oxygen atoms in total. The molecule has 0 spiro atoms. The fourth-order valence-electron chi connectivity index (χ4n) is 1.94. The van der Waals surface area contributed by atoms with Crippen molar-refractivity contribution in [1.82, 2.24) is 0 Å². The topological polar surface area (TPSA) is 95.7 Å². The van der Waals surface area contributed by atoms with Crippen molar-refractivity contribution >= 4 is 29.0 Å². The maximum Gasteiger partial charge on any atom is 0.340 e. The first-order valence-electron chi connectivity index (χ1n) is 6.71. The number of esters is 1. The molecule has 0 heterocycles. The molecule has 8 heteroatoms. The SMILES string of the molecule is COc1ccccc1C(=O)COC(=O)c1cc([N+](=O)[O-])ccc1Cl. The number of non-ortho nitro benzene ring substituents is 1. The number of carbonyl (C=O) groups excluding carboxylic acids is 2. The zero-order valence-corrected chi connectivity index (χ0v) is 13.3. The molecule has 0 amide bonds. The third kappa shape index (κ3) is 3.88. The second kappa shape index (κ2) is 7.56. The fraction of sp³-hybridized carbons (Fsp3) is 0.125. The van der Waals surface area contributed by atoms with Crippen molar-refractivity contribution in [1.29, 1.82) is 0 Å². The van der Waals surface area contributed by atoms with Crippen LogP contribution >= 0.6 is 11.6 Å². The second-order valence-corrected chi connectivity index (χ2v) is 5.03. The number of halogens is 1. The van der Waals surface area contributed by atoms with Crippen molar-refractivity contribution in [3.8, 4) is 5.75 Å². The van der Waals surface area contributed by atoms with E-state index in [0.717, 1.165) is 6.07 Å². The van der Waals surface area contributed by atoms with Gasteiger partial charge in [0.2, 0.25) is 5.78 Å². The predicted molar refractivity (Wildman–Crippen MR) is 85.7 cm³/mol. The molecule has 0 unspecified atom stereocenters. The molecule has 0 bridgehead atoms. The number of Topliss-reactive ketones (excluding diaryl/α,β-unsaturated/α-hetero) is 1. The van der Waals surface area contributed by atoms with E-state index >= 15 is 0 Å².